The summed E-state index contributed by atoms with van der Waals surface area (Å²) in [6, 6.07) is -9.90. The Hall–Kier alpha value is -5.10. The number of nitrogens with one attached hydrogen (secondary N) is 5. The summed E-state index contributed by atoms with van der Waals surface area (Å²) in [5.74, 6) is -10.9. The monoisotopic (exact) mass is 1950 g/mol. The van der Waals surface area contributed by atoms with Crippen LogP contribution in [0.1, 0.15) is 34.1 Å². The van der Waals surface area contributed by atoms with Gasteiger partial charge < -0.3 is 270 Å². The fraction of sp³-hybridized carbons (Fsp3) is 0.918. The topological polar surface area (TPSA) is 956 Å². The van der Waals surface area contributed by atoms with Crippen molar-refractivity contribution < 1.29 is 272 Å². The lowest BCUT2D eigenvalue weighted by molar-refractivity contribution is -0.392. The fourth-order valence-electron chi connectivity index (χ4n) is 16.7. The summed E-state index contributed by atoms with van der Waals surface area (Å²) in [5.41, 5.74) is 0. The van der Waals surface area contributed by atoms with Crippen molar-refractivity contribution in [2.24, 2.45) is 0 Å². The van der Waals surface area contributed by atoms with Gasteiger partial charge in [-0.2, -0.15) is 0 Å². The summed E-state index contributed by atoms with van der Waals surface area (Å²) in [4.78, 5) is 77.7. The Kier molecular flexibility index (Phi) is 41.4. The van der Waals surface area contributed by atoms with Gasteiger partial charge in [-0.3, -0.25) is 24.0 Å². The Labute approximate surface area is 751 Å². The molecule has 9 heterocycles. The van der Waals surface area contributed by atoms with Gasteiger partial charge >= 0.3 is 5.97 Å². The van der Waals surface area contributed by atoms with Crippen molar-refractivity contribution in [3.05, 3.63) is 0 Å². The number of carbonyl (C=O) groups is 6. The number of carboxylic acids is 1. The normalized spacial score (nSPS) is 44.5. The van der Waals surface area contributed by atoms with Gasteiger partial charge in [0.1, 0.15) is 238 Å². The lowest BCUT2D eigenvalue weighted by Gasteiger charge is -2.51. The number of ether oxygens (including phenoxy) is 18. The van der Waals surface area contributed by atoms with Gasteiger partial charge in [-0.1, -0.05) is 0 Å². The molecule has 5 amide bonds. The molecule has 0 bridgehead atoms. The average Bonchev–Trinajstić information content (AvgIpc) is 0.743. The molecular weight excluding hydrogens is 1830 g/mol. The van der Waals surface area contributed by atoms with E-state index in [0.717, 1.165) is 27.7 Å². The molecule has 0 spiro atoms. The van der Waals surface area contributed by atoms with Crippen molar-refractivity contribution >= 4 is 35.5 Å². The number of carbonyl (C=O) groups excluding carboxylic acids is 5. The number of hydrogen-bond acceptors (Lipinski definition) is 54. The van der Waals surface area contributed by atoms with Gasteiger partial charge in [0.05, 0.1) is 90.9 Å². The molecule has 60 nitrogen and oxygen atoms in total. The number of aliphatic carboxylic acids is 1. The van der Waals surface area contributed by atoms with E-state index in [-0.39, 0.29) is 0 Å². The highest BCUT2D eigenvalue weighted by Gasteiger charge is 2.64. The maximum atomic E-state index is 13.4. The number of carboxylic acid groups (broad SMARTS) is 1. The molecule has 0 aromatic rings. The van der Waals surface area contributed by atoms with Crippen molar-refractivity contribution in [2.75, 3.05) is 79.3 Å². The Morgan fingerprint density at radius 2 is 0.699 bits per heavy atom. The Bertz CT molecular complexity index is 3650. The van der Waals surface area contributed by atoms with Crippen LogP contribution in [0, 0.1) is 0 Å². The van der Waals surface area contributed by atoms with Crippen LogP contribution >= 0.6 is 0 Å². The van der Waals surface area contributed by atoms with E-state index in [2.05, 4.69) is 26.6 Å². The SMILES string of the molecule is CC(=O)N[C@H]1[C@H](OC[C@H]2O[C@@H](O[C@H]3[C@H](O)[C@@H](NC(C)=O)[C@H](O[C@H]4[C@@H](O)[C@@H](CO)O[C@@H](O[C@@H]([C@@H](O)[C@H](O)CO)[C@H](CO)NC(C)=O)[C@@H]4O)O[C@@H]3CO)[C@H](O)[C@@H](O[C@@H]3O[C@H](CO)[C@@H](OC4O[C@H](CO)[C@H](O)[C@H](O[C@]5(C(=O)O)C[C@H](O)[C@@H](NC(=O)CO)[C@H]([C@H](O)[C@H](O)CO)O5)[C@H]4O)[C@H](O)[C@H]3NC(C)=O)[C@H]2O)O[C@H](CO)[C@@H](OC2O[C@H](CO)[C@H](O)[C@H](OC3O[C@H](CO)[C@H](O)[C@H](O)[C@H]3O)[C@H]2O)[C@@H]1O. The van der Waals surface area contributed by atoms with E-state index in [1.807, 2.05) is 0 Å². The molecule has 0 aromatic carbocycles. The minimum absolute atomic E-state index is 0.835. The van der Waals surface area contributed by atoms with E-state index in [9.17, 15) is 187 Å². The number of amides is 5. The predicted molar refractivity (Wildman–Crippen MR) is 409 cm³/mol. The van der Waals surface area contributed by atoms with Crippen LogP contribution in [0.15, 0.2) is 0 Å². The Morgan fingerprint density at radius 3 is 1.09 bits per heavy atom. The highest BCUT2D eigenvalue weighted by Crippen LogP contribution is 2.43. The third-order valence-electron chi connectivity index (χ3n) is 23.6. The van der Waals surface area contributed by atoms with Crippen LogP contribution in [0.3, 0.4) is 0 Å². The fourth-order valence-corrected chi connectivity index (χ4v) is 16.7. The Balaban J connectivity index is 1.04. The first kappa shape index (κ1) is 112. The van der Waals surface area contributed by atoms with Gasteiger partial charge in [-0.05, 0) is 0 Å². The summed E-state index contributed by atoms with van der Waals surface area (Å²) in [5, 5.41) is 355. The van der Waals surface area contributed by atoms with Crippen LogP contribution in [0.25, 0.3) is 0 Å². The molecule has 3 unspecified atom stereocenters. The number of rotatable bonds is 41. The second-order valence-electron chi connectivity index (χ2n) is 32.9. The van der Waals surface area contributed by atoms with Crippen molar-refractivity contribution in [3.8, 4) is 0 Å². The number of hydrogen-bond donors (Lipinski definition) is 36. The third-order valence-corrected chi connectivity index (χ3v) is 23.6. The van der Waals surface area contributed by atoms with Gasteiger partial charge in [0.2, 0.25) is 29.5 Å². The molecule has 9 saturated heterocycles. The third kappa shape index (κ3) is 25.5. The lowest BCUT2D eigenvalue weighted by atomic mass is 9.88. The summed E-state index contributed by atoms with van der Waals surface area (Å²) in [6.07, 6.45) is -99.2. The van der Waals surface area contributed by atoms with Crippen LogP contribution in [-0.4, -0.2) is 579 Å². The molecular formula is C73H123N5O55. The molecule has 0 radical (unpaired) electrons. The zero-order valence-electron chi connectivity index (χ0n) is 71.1. The van der Waals surface area contributed by atoms with Crippen LogP contribution < -0.4 is 26.6 Å². The first-order valence-electron chi connectivity index (χ1n) is 41.9. The second kappa shape index (κ2) is 49.3. The first-order valence-corrected chi connectivity index (χ1v) is 41.9. The molecule has 9 fully saturated rings. The molecule has 770 valence electrons. The zero-order chi connectivity index (χ0) is 98.7. The molecule has 0 saturated carbocycles. The summed E-state index contributed by atoms with van der Waals surface area (Å²) in [6.45, 7) is -10.8. The molecule has 50 atom stereocenters. The quantitative estimate of drug-likeness (QED) is 0.0270. The van der Waals surface area contributed by atoms with E-state index in [1.54, 1.807) is 0 Å². The minimum Gasteiger partial charge on any atom is -0.477 e. The first-order chi connectivity index (χ1) is 62.8. The van der Waals surface area contributed by atoms with Crippen LogP contribution in [0.4, 0.5) is 0 Å². The molecule has 0 aromatic heterocycles. The second-order valence-corrected chi connectivity index (χ2v) is 32.9. The van der Waals surface area contributed by atoms with E-state index in [0.29, 0.717) is 0 Å². The van der Waals surface area contributed by atoms with Crippen LogP contribution in [-0.2, 0) is 114 Å². The highest BCUT2D eigenvalue weighted by molar-refractivity contribution is 5.78. The van der Waals surface area contributed by atoms with Gasteiger partial charge in [0.25, 0.3) is 5.79 Å². The van der Waals surface area contributed by atoms with E-state index in [4.69, 9.17) is 85.3 Å². The van der Waals surface area contributed by atoms with E-state index < -0.39 is 427 Å². The molecule has 9 aliphatic heterocycles. The van der Waals surface area contributed by atoms with Gasteiger partial charge in [0.15, 0.2) is 50.3 Å². The molecule has 60 heteroatoms. The van der Waals surface area contributed by atoms with Crippen molar-refractivity contribution in [3.63, 3.8) is 0 Å². The Morgan fingerprint density at radius 1 is 0.353 bits per heavy atom. The molecule has 133 heavy (non-hydrogen) atoms. The molecule has 36 N–H and O–H groups in total. The molecule has 9 rings (SSSR count). The smallest absolute Gasteiger partial charge is 0.364 e. The van der Waals surface area contributed by atoms with E-state index >= 15 is 0 Å². The average molecular weight is 1950 g/mol. The number of aliphatic hydroxyl groups is 30. The summed E-state index contributed by atoms with van der Waals surface area (Å²) < 4.78 is 106. The van der Waals surface area contributed by atoms with Gasteiger partial charge in [-0.25, -0.2) is 4.79 Å². The summed E-state index contributed by atoms with van der Waals surface area (Å²) in [7, 11) is 0. The highest BCUT2D eigenvalue weighted by atomic mass is 16.8. The standard InChI is InChI=1S/C73H123N5O55/c1-18(90)74-22(6-79)55(39(98)24(95)7-80)125-68-51(110)60(42(101)27(10-83)118-68)129-65-37(76-20(3)92)47(106)57(31(14-87)122-65)127-70-53(112)62(45(104)33(124-70)17-116-64-36(75-19(2)91)46(105)56(30(13-86)121-64)126-69-52(111)61(43(102)28(11-84)119-69)131-67-50(109)49(108)41(100)26(9-82)117-67)130-66-38(77-21(4)93)48(107)58(32(15-88)123-66)128-71-54(113)63(44(103)29(12-85)120-71)133-73(72(114)115)5-23(94)35(78-34(97)16-89)59(132-73)40(99)25(96)8-81/h22-33,35-71,79-89,94-96,98-113H,5-17H2,1-4H3,(H,74,90)(H,75,91)(H,76,92)(H,77,93)(H,78,97)(H,114,115)/t22-,23-,24+,25+,26+,27+,28+,29+,30+,31+,32+,33+,35+,36+,37+,38+,39-,40+,41-,42-,43-,44-,45-,46+,47+,48+,49-,50+,51+,52+,53+,54+,55+,56+,57+,58+,59+,60-,61-,62-,63-,64+,65-,66-,67?,68-,69?,70-,71?,73-/m0/s1. The largest absolute Gasteiger partial charge is 0.477 e. The maximum Gasteiger partial charge on any atom is 0.364 e. The molecule has 9 aliphatic rings. The summed E-state index contributed by atoms with van der Waals surface area (Å²) >= 11 is 0. The zero-order valence-corrected chi connectivity index (χ0v) is 71.1. The maximum absolute atomic E-state index is 13.4. The lowest BCUT2D eigenvalue weighted by Crippen LogP contribution is -2.71. The minimum atomic E-state index is -3.41. The van der Waals surface area contributed by atoms with Gasteiger partial charge in [0, 0.05) is 34.1 Å². The van der Waals surface area contributed by atoms with Crippen LogP contribution in [0.2, 0.25) is 0 Å². The van der Waals surface area contributed by atoms with Crippen molar-refractivity contribution in [1.82, 2.24) is 26.6 Å². The van der Waals surface area contributed by atoms with E-state index in [1.165, 1.54) is 0 Å². The van der Waals surface area contributed by atoms with Crippen LogP contribution in [0.5, 0.6) is 0 Å². The molecule has 0 aliphatic carbocycles. The van der Waals surface area contributed by atoms with Crippen molar-refractivity contribution in [2.45, 2.75) is 340 Å². The van der Waals surface area contributed by atoms with Gasteiger partial charge in [-0.15, -0.1) is 0 Å². The predicted octanol–water partition coefficient (Wildman–Crippen LogP) is -24.3. The number of aliphatic hydroxyl groups excluding tert-OH is 30. The van der Waals surface area contributed by atoms with Crippen molar-refractivity contribution in [1.29, 1.82) is 0 Å².